The highest BCUT2D eigenvalue weighted by Gasteiger charge is 2.34. The Kier molecular flexibility index (Phi) is 2.52. The van der Waals surface area contributed by atoms with Crippen molar-refractivity contribution in [3.63, 3.8) is 0 Å². The van der Waals surface area contributed by atoms with Gasteiger partial charge in [-0.2, -0.15) is 13.2 Å². The van der Waals surface area contributed by atoms with Gasteiger partial charge in [0.05, 0.1) is 10.6 Å². The van der Waals surface area contributed by atoms with Gasteiger partial charge >= 0.3 is 6.18 Å². The Bertz CT molecular complexity index is 330. The van der Waals surface area contributed by atoms with Gasteiger partial charge in [0, 0.05) is 0 Å². The summed E-state index contributed by atoms with van der Waals surface area (Å²) in [4.78, 5) is 0. The average Bonchev–Trinajstić information content (AvgIpc) is 1.94. The highest BCUT2D eigenvalue weighted by atomic mass is 35.5. The zero-order chi connectivity index (χ0) is 10.2. The van der Waals surface area contributed by atoms with E-state index in [0.29, 0.717) is 0 Å². The molecule has 72 valence electrons. The van der Waals surface area contributed by atoms with Crippen LogP contribution in [0.2, 0.25) is 5.02 Å². The second-order valence-electron chi connectivity index (χ2n) is 2.61. The quantitative estimate of drug-likeness (QED) is 0.574. The number of rotatable bonds is 0. The van der Waals surface area contributed by atoms with Gasteiger partial charge in [0.15, 0.2) is 0 Å². The molecular weight excluding hydrogens is 208 g/mol. The third kappa shape index (κ3) is 2.12. The first-order valence-electron chi connectivity index (χ1n) is 3.35. The fraction of sp³-hybridized carbons (Fsp3) is 0.250. The van der Waals surface area contributed by atoms with Gasteiger partial charge in [-0.1, -0.05) is 11.6 Å². The summed E-state index contributed by atoms with van der Waals surface area (Å²) in [6, 6.07) is 1.77. The van der Waals surface area contributed by atoms with E-state index in [1.807, 2.05) is 0 Å². The Labute approximate surface area is 77.1 Å². The molecule has 0 saturated heterocycles. The van der Waals surface area contributed by atoms with Crippen molar-refractivity contribution >= 4 is 11.6 Å². The van der Waals surface area contributed by atoms with Crippen LogP contribution >= 0.6 is 11.6 Å². The predicted octanol–water partition coefficient (Wildman–Crippen LogP) is 3.81. The molecule has 13 heavy (non-hydrogen) atoms. The van der Waals surface area contributed by atoms with Crippen LogP contribution in [0.25, 0.3) is 0 Å². The van der Waals surface area contributed by atoms with E-state index in [2.05, 4.69) is 0 Å². The van der Waals surface area contributed by atoms with E-state index in [0.717, 1.165) is 12.1 Å². The standard InChI is InChI=1S/C8H5ClF4/c1-4-2-5(8(11,12)13)7(9)6(10)3-4/h2-3H,1H3. The third-order valence-corrected chi connectivity index (χ3v) is 1.86. The van der Waals surface area contributed by atoms with Gasteiger partial charge in [0.2, 0.25) is 0 Å². The van der Waals surface area contributed by atoms with Crippen LogP contribution in [0.1, 0.15) is 11.1 Å². The van der Waals surface area contributed by atoms with Crippen molar-refractivity contribution in [2.75, 3.05) is 0 Å². The minimum Gasteiger partial charge on any atom is -0.205 e. The highest BCUT2D eigenvalue weighted by Crippen LogP contribution is 2.36. The average molecular weight is 213 g/mol. The van der Waals surface area contributed by atoms with E-state index in [4.69, 9.17) is 11.6 Å². The molecule has 0 aliphatic rings. The smallest absolute Gasteiger partial charge is 0.205 e. The first-order valence-corrected chi connectivity index (χ1v) is 3.73. The molecule has 0 atom stereocenters. The lowest BCUT2D eigenvalue weighted by Crippen LogP contribution is -2.07. The minimum absolute atomic E-state index is 0.189. The monoisotopic (exact) mass is 212 g/mol. The molecule has 0 aliphatic heterocycles. The van der Waals surface area contributed by atoms with Crippen molar-refractivity contribution in [1.82, 2.24) is 0 Å². The summed E-state index contributed by atoms with van der Waals surface area (Å²) in [5.41, 5.74) is -0.944. The van der Waals surface area contributed by atoms with Crippen molar-refractivity contribution in [2.24, 2.45) is 0 Å². The second-order valence-corrected chi connectivity index (χ2v) is 2.98. The maximum atomic E-state index is 12.7. The van der Waals surface area contributed by atoms with Gasteiger partial charge in [-0.3, -0.25) is 0 Å². The summed E-state index contributed by atoms with van der Waals surface area (Å²) in [5.74, 6) is -1.05. The molecule has 0 saturated carbocycles. The van der Waals surface area contributed by atoms with Crippen molar-refractivity contribution in [2.45, 2.75) is 13.1 Å². The SMILES string of the molecule is Cc1cc(F)c(Cl)c(C(F)(F)F)c1. The summed E-state index contributed by atoms with van der Waals surface area (Å²) >= 11 is 5.15. The zero-order valence-corrected chi connectivity index (χ0v) is 7.30. The van der Waals surface area contributed by atoms with Crippen LogP contribution in [0.5, 0.6) is 0 Å². The third-order valence-electron chi connectivity index (χ3n) is 1.48. The molecule has 0 amide bonds. The van der Waals surface area contributed by atoms with Crippen molar-refractivity contribution < 1.29 is 17.6 Å². The Hall–Kier alpha value is -0.770. The molecule has 5 heteroatoms. The van der Waals surface area contributed by atoms with E-state index in [1.165, 1.54) is 6.92 Å². The Morgan fingerprint density at radius 1 is 1.23 bits per heavy atom. The number of benzene rings is 1. The molecule has 0 nitrogen and oxygen atoms in total. The summed E-state index contributed by atoms with van der Waals surface area (Å²) in [7, 11) is 0. The number of hydrogen-bond donors (Lipinski definition) is 0. The lowest BCUT2D eigenvalue weighted by atomic mass is 10.1. The number of aryl methyl sites for hydroxylation is 1. The fourth-order valence-corrected chi connectivity index (χ4v) is 1.15. The molecule has 0 spiro atoms. The minimum atomic E-state index is -4.61. The molecular formula is C8H5ClF4. The van der Waals surface area contributed by atoms with E-state index in [1.54, 1.807) is 0 Å². The molecule has 1 rings (SSSR count). The molecule has 1 aromatic carbocycles. The van der Waals surface area contributed by atoms with Crippen LogP contribution in [0, 0.1) is 12.7 Å². The molecule has 0 unspecified atom stereocenters. The highest BCUT2D eigenvalue weighted by molar-refractivity contribution is 6.31. The Morgan fingerprint density at radius 2 is 1.77 bits per heavy atom. The first kappa shape index (κ1) is 10.3. The molecule has 1 aromatic rings. The zero-order valence-electron chi connectivity index (χ0n) is 6.54. The van der Waals surface area contributed by atoms with Crippen LogP contribution in [-0.4, -0.2) is 0 Å². The maximum Gasteiger partial charge on any atom is 0.417 e. The summed E-state index contributed by atoms with van der Waals surface area (Å²) in [6.07, 6.45) is -4.61. The Morgan fingerprint density at radius 3 is 2.23 bits per heavy atom. The molecule has 0 radical (unpaired) electrons. The number of hydrogen-bond acceptors (Lipinski definition) is 0. The number of halogens is 5. The van der Waals surface area contributed by atoms with Crippen molar-refractivity contribution in [3.05, 3.63) is 34.1 Å². The van der Waals surface area contributed by atoms with E-state index >= 15 is 0 Å². The summed E-state index contributed by atoms with van der Waals surface area (Å²) < 4.78 is 49.2. The largest absolute Gasteiger partial charge is 0.417 e. The topological polar surface area (TPSA) is 0 Å². The predicted molar refractivity (Wildman–Crippen MR) is 41.1 cm³/mol. The lowest BCUT2D eigenvalue weighted by molar-refractivity contribution is -0.137. The van der Waals surface area contributed by atoms with E-state index in [-0.39, 0.29) is 5.56 Å². The van der Waals surface area contributed by atoms with Gasteiger partial charge in [-0.15, -0.1) is 0 Å². The van der Waals surface area contributed by atoms with Gasteiger partial charge in [-0.05, 0) is 24.6 Å². The molecule has 0 N–H and O–H groups in total. The van der Waals surface area contributed by atoms with Crippen LogP contribution in [0.4, 0.5) is 17.6 Å². The van der Waals surface area contributed by atoms with Gasteiger partial charge in [0.1, 0.15) is 5.82 Å². The van der Waals surface area contributed by atoms with Crippen LogP contribution in [0.3, 0.4) is 0 Å². The van der Waals surface area contributed by atoms with Crippen molar-refractivity contribution in [3.8, 4) is 0 Å². The molecule has 0 aliphatic carbocycles. The van der Waals surface area contributed by atoms with E-state index in [9.17, 15) is 17.6 Å². The second kappa shape index (κ2) is 3.18. The normalized spacial score (nSPS) is 11.8. The maximum absolute atomic E-state index is 12.7. The number of alkyl halides is 3. The summed E-state index contributed by atoms with van der Waals surface area (Å²) in [6.45, 7) is 1.37. The van der Waals surface area contributed by atoms with Crippen molar-refractivity contribution in [1.29, 1.82) is 0 Å². The first-order chi connectivity index (χ1) is 5.82. The molecule has 0 aromatic heterocycles. The fourth-order valence-electron chi connectivity index (χ4n) is 0.931. The van der Waals surface area contributed by atoms with Gasteiger partial charge in [-0.25, -0.2) is 4.39 Å². The van der Waals surface area contributed by atoms with Gasteiger partial charge in [0.25, 0.3) is 0 Å². The molecule has 0 heterocycles. The summed E-state index contributed by atoms with van der Waals surface area (Å²) in [5, 5.41) is -0.877. The van der Waals surface area contributed by atoms with Crippen LogP contribution in [-0.2, 0) is 6.18 Å². The molecule has 0 fully saturated rings. The van der Waals surface area contributed by atoms with Gasteiger partial charge < -0.3 is 0 Å². The molecule has 0 bridgehead atoms. The van der Waals surface area contributed by atoms with E-state index < -0.39 is 22.6 Å². The van der Waals surface area contributed by atoms with Crippen LogP contribution in [0.15, 0.2) is 12.1 Å². The Balaban J connectivity index is 3.37. The lowest BCUT2D eigenvalue weighted by Gasteiger charge is -2.09. The van der Waals surface area contributed by atoms with Crippen LogP contribution < -0.4 is 0 Å².